The quantitative estimate of drug-likeness (QED) is 0.254. The largest absolute Gasteiger partial charge is 0.490 e. The lowest BCUT2D eigenvalue weighted by atomic mass is 10.1. The molecule has 1 aromatic heterocycles. The maximum atomic E-state index is 5.83. The van der Waals surface area contributed by atoms with Gasteiger partial charge in [0.05, 0.1) is 11.9 Å². The summed E-state index contributed by atoms with van der Waals surface area (Å²) in [6.45, 7) is 8.59. The number of ether oxygens (including phenoxy) is 3. The number of allylic oxidation sites excluding steroid dienone is 1. The van der Waals surface area contributed by atoms with Crippen LogP contribution in [0.5, 0.6) is 17.2 Å². The Morgan fingerprint density at radius 3 is 2.39 bits per heavy atom. The van der Waals surface area contributed by atoms with E-state index in [0.717, 1.165) is 40.5 Å². The van der Waals surface area contributed by atoms with Crippen LogP contribution in [0.3, 0.4) is 0 Å². The fourth-order valence-corrected chi connectivity index (χ4v) is 2.66. The normalized spacial score (nSPS) is 11.5. The van der Waals surface area contributed by atoms with Crippen LogP contribution in [0.15, 0.2) is 47.8 Å². The van der Waals surface area contributed by atoms with Gasteiger partial charge in [0.25, 0.3) is 0 Å². The molecule has 0 spiro atoms. The van der Waals surface area contributed by atoms with E-state index < -0.39 is 0 Å². The lowest BCUT2D eigenvalue weighted by Gasteiger charge is -2.15. The van der Waals surface area contributed by atoms with Gasteiger partial charge in [0, 0.05) is 0 Å². The van der Waals surface area contributed by atoms with Gasteiger partial charge in [0.15, 0.2) is 0 Å². The molecule has 0 unspecified atom stereocenters. The van der Waals surface area contributed by atoms with Gasteiger partial charge in [0.2, 0.25) is 6.79 Å². The summed E-state index contributed by atoms with van der Waals surface area (Å²) in [6, 6.07) is 7.61. The minimum atomic E-state index is 0.0915. The molecular formula is C22H28N2O4. The van der Waals surface area contributed by atoms with Crippen molar-refractivity contribution in [3.63, 3.8) is 0 Å². The summed E-state index contributed by atoms with van der Waals surface area (Å²) < 4.78 is 17.2. The van der Waals surface area contributed by atoms with Crippen LogP contribution in [0.2, 0.25) is 0 Å². The topological polar surface area (TPSA) is 62.2 Å². The second kappa shape index (κ2) is 11.0. The number of hydrogen-bond donors (Lipinski definition) is 0. The first-order valence-electron chi connectivity index (χ1n) is 9.26. The highest BCUT2D eigenvalue weighted by Crippen LogP contribution is 2.28. The molecule has 0 aliphatic carbocycles. The van der Waals surface area contributed by atoms with Gasteiger partial charge in [-0.15, -0.1) is 0 Å². The first-order valence-corrected chi connectivity index (χ1v) is 9.26. The van der Waals surface area contributed by atoms with Crippen LogP contribution in [-0.2, 0) is 4.84 Å². The molecule has 6 heteroatoms. The van der Waals surface area contributed by atoms with Crippen molar-refractivity contribution in [2.24, 2.45) is 5.16 Å². The van der Waals surface area contributed by atoms with Gasteiger partial charge < -0.3 is 19.0 Å². The van der Waals surface area contributed by atoms with Crippen LogP contribution >= 0.6 is 0 Å². The smallest absolute Gasteiger partial charge is 0.230 e. The third-order valence-electron chi connectivity index (χ3n) is 4.01. The van der Waals surface area contributed by atoms with Crippen molar-refractivity contribution < 1.29 is 19.0 Å². The minimum Gasteiger partial charge on any atom is -0.490 e. The summed E-state index contributed by atoms with van der Waals surface area (Å²) >= 11 is 0. The van der Waals surface area contributed by atoms with Crippen LogP contribution in [0.1, 0.15) is 37.1 Å². The maximum absolute atomic E-state index is 5.83. The second-order valence-electron chi connectivity index (χ2n) is 6.13. The molecule has 1 heterocycles. The molecule has 1 aromatic carbocycles. The fourth-order valence-electron chi connectivity index (χ4n) is 2.66. The third-order valence-corrected chi connectivity index (χ3v) is 4.01. The van der Waals surface area contributed by atoms with E-state index in [-0.39, 0.29) is 6.79 Å². The maximum Gasteiger partial charge on any atom is 0.230 e. The Kier molecular flexibility index (Phi) is 8.34. The van der Waals surface area contributed by atoms with Crippen LogP contribution in [0, 0.1) is 13.8 Å². The van der Waals surface area contributed by atoms with E-state index in [1.807, 2.05) is 64.1 Å². The first-order chi connectivity index (χ1) is 13.6. The number of rotatable bonds is 10. The Hall–Kier alpha value is -3.02. The van der Waals surface area contributed by atoms with Crippen molar-refractivity contribution >= 4 is 5.71 Å². The van der Waals surface area contributed by atoms with Crippen molar-refractivity contribution in [2.75, 3.05) is 20.5 Å². The highest BCUT2D eigenvalue weighted by Gasteiger charge is 2.08. The highest BCUT2D eigenvalue weighted by molar-refractivity contribution is 5.98. The number of aryl methyl sites for hydroxylation is 2. The minimum absolute atomic E-state index is 0.0915. The molecule has 0 atom stereocenters. The van der Waals surface area contributed by atoms with E-state index in [9.17, 15) is 0 Å². The average molecular weight is 384 g/mol. The predicted octanol–water partition coefficient (Wildman–Crippen LogP) is 4.83. The molecule has 0 aliphatic rings. The van der Waals surface area contributed by atoms with Gasteiger partial charge in [-0.3, -0.25) is 4.98 Å². The zero-order valence-corrected chi connectivity index (χ0v) is 17.2. The molecule has 2 rings (SSSR count). The van der Waals surface area contributed by atoms with Crippen LogP contribution in [0.4, 0.5) is 0 Å². The monoisotopic (exact) mass is 384 g/mol. The molecule has 0 N–H and O–H groups in total. The lowest BCUT2D eigenvalue weighted by molar-refractivity contribution is 0.118. The van der Waals surface area contributed by atoms with E-state index in [4.69, 9.17) is 19.0 Å². The van der Waals surface area contributed by atoms with Gasteiger partial charge in [-0.1, -0.05) is 24.2 Å². The van der Waals surface area contributed by atoms with E-state index in [1.165, 1.54) is 7.11 Å². The zero-order valence-electron chi connectivity index (χ0n) is 17.2. The Balaban J connectivity index is 1.95. The molecule has 28 heavy (non-hydrogen) atoms. The number of oxime groups is 1. The van der Waals surface area contributed by atoms with Crippen molar-refractivity contribution in [2.45, 2.75) is 34.1 Å². The fraction of sp³-hybridized carbons (Fsp3) is 0.364. The third kappa shape index (κ3) is 6.01. The molecule has 0 fully saturated rings. The number of aromatic nitrogens is 1. The predicted molar refractivity (Wildman–Crippen MR) is 110 cm³/mol. The standard InChI is InChI=1S/C22H28N2O4/c1-6-8-11-26-19-12-16(3)22(17(4)13-19)28-15-27-18-9-10-21(23-14-18)20(7-2)24-25-5/h6,8-10,12-14H,7,11,15H2,1-5H3/b8-6+,24-20?. The molecule has 150 valence electrons. The molecule has 0 saturated heterocycles. The number of nitrogens with zero attached hydrogens (tertiary/aromatic N) is 2. The number of benzene rings is 1. The molecule has 0 saturated carbocycles. The summed E-state index contributed by atoms with van der Waals surface area (Å²) in [7, 11) is 1.52. The Morgan fingerprint density at radius 1 is 1.07 bits per heavy atom. The van der Waals surface area contributed by atoms with Crippen LogP contribution in [0.25, 0.3) is 0 Å². The van der Waals surface area contributed by atoms with E-state index in [1.54, 1.807) is 6.20 Å². The molecule has 0 radical (unpaired) electrons. The first kappa shape index (κ1) is 21.3. The van der Waals surface area contributed by atoms with Gasteiger partial charge in [0.1, 0.15) is 36.7 Å². The molecule has 6 nitrogen and oxygen atoms in total. The highest BCUT2D eigenvalue weighted by atomic mass is 16.7. The van der Waals surface area contributed by atoms with Gasteiger partial charge in [-0.25, -0.2) is 0 Å². The Morgan fingerprint density at radius 2 is 1.82 bits per heavy atom. The number of hydrogen-bond acceptors (Lipinski definition) is 6. The zero-order chi connectivity index (χ0) is 20.4. The average Bonchev–Trinajstić information content (AvgIpc) is 2.69. The van der Waals surface area contributed by atoms with Crippen molar-refractivity contribution in [1.29, 1.82) is 0 Å². The van der Waals surface area contributed by atoms with E-state index >= 15 is 0 Å². The molecule has 2 aromatic rings. The van der Waals surface area contributed by atoms with Gasteiger partial charge in [-0.05, 0) is 62.6 Å². The Labute approximate surface area is 166 Å². The molecule has 0 bridgehead atoms. The van der Waals surface area contributed by atoms with Gasteiger partial charge in [-0.2, -0.15) is 0 Å². The van der Waals surface area contributed by atoms with Crippen LogP contribution in [-0.4, -0.2) is 31.2 Å². The molecule has 0 aliphatic heterocycles. The lowest BCUT2D eigenvalue weighted by Crippen LogP contribution is -2.09. The summed E-state index contributed by atoms with van der Waals surface area (Å²) in [5.41, 5.74) is 3.54. The van der Waals surface area contributed by atoms with Gasteiger partial charge >= 0.3 is 0 Å². The second-order valence-corrected chi connectivity index (χ2v) is 6.13. The summed E-state index contributed by atoms with van der Waals surface area (Å²) in [5, 5.41) is 3.97. The Bertz CT molecular complexity index is 791. The number of pyridine rings is 1. The summed E-state index contributed by atoms with van der Waals surface area (Å²) in [4.78, 5) is 9.20. The van der Waals surface area contributed by atoms with Crippen molar-refractivity contribution in [3.8, 4) is 17.2 Å². The SMILES string of the molecule is C/C=C/COc1cc(C)c(OCOc2ccc(C(CC)=NOC)nc2)c(C)c1. The van der Waals surface area contributed by atoms with Crippen LogP contribution < -0.4 is 14.2 Å². The molecular weight excluding hydrogens is 356 g/mol. The summed E-state index contributed by atoms with van der Waals surface area (Å²) in [5.74, 6) is 2.24. The van der Waals surface area contributed by atoms with Crippen molar-refractivity contribution in [1.82, 2.24) is 4.98 Å². The van der Waals surface area contributed by atoms with Crippen molar-refractivity contribution in [3.05, 3.63) is 59.4 Å². The molecule has 0 amide bonds. The summed E-state index contributed by atoms with van der Waals surface area (Å²) in [6.07, 6.45) is 6.31. The van der Waals surface area contributed by atoms with E-state index in [0.29, 0.717) is 12.4 Å². The van der Waals surface area contributed by atoms with E-state index in [2.05, 4.69) is 10.1 Å².